The van der Waals surface area contributed by atoms with Gasteiger partial charge in [-0.3, -0.25) is 4.79 Å². The Morgan fingerprint density at radius 3 is 2.95 bits per heavy atom. The van der Waals surface area contributed by atoms with Gasteiger partial charge >= 0.3 is 0 Å². The van der Waals surface area contributed by atoms with Crippen molar-refractivity contribution in [3.05, 3.63) is 46.2 Å². The lowest BCUT2D eigenvalue weighted by atomic mass is 10.1. The lowest BCUT2D eigenvalue weighted by molar-refractivity contribution is 0.404. The molecule has 0 radical (unpaired) electrons. The Morgan fingerprint density at radius 1 is 1.41 bits per heavy atom. The maximum Gasteiger partial charge on any atom is 0.296 e. The molecule has 2 heterocycles. The maximum atomic E-state index is 13.5. The van der Waals surface area contributed by atoms with Gasteiger partial charge in [-0.2, -0.15) is 5.10 Å². The minimum atomic E-state index is -0.346. The fourth-order valence-electron chi connectivity index (χ4n) is 2.64. The van der Waals surface area contributed by atoms with E-state index in [9.17, 15) is 9.18 Å². The zero-order valence-corrected chi connectivity index (χ0v) is 12.0. The van der Waals surface area contributed by atoms with Gasteiger partial charge < -0.3 is 4.52 Å². The number of benzene rings is 1. The van der Waals surface area contributed by atoms with Crippen LogP contribution in [0.3, 0.4) is 0 Å². The monoisotopic (exact) mass is 299 g/mol. The number of nitrogens with zero attached hydrogens (tertiary/aromatic N) is 3. The topological polar surface area (TPSA) is 60.9 Å². The number of hydrogen-bond donors (Lipinski definition) is 0. The molecular formula is C16H14FN3O2. The Bertz CT molecular complexity index is 925. The summed E-state index contributed by atoms with van der Waals surface area (Å²) in [5.41, 5.74) is 1.15. The van der Waals surface area contributed by atoms with Gasteiger partial charge in [0.25, 0.3) is 5.56 Å². The molecule has 1 fully saturated rings. The van der Waals surface area contributed by atoms with E-state index in [1.165, 1.54) is 16.8 Å². The van der Waals surface area contributed by atoms with Crippen LogP contribution in [0.5, 0.6) is 0 Å². The fraction of sp³-hybridized carbons (Fsp3) is 0.312. The van der Waals surface area contributed by atoms with Crippen molar-refractivity contribution in [2.24, 2.45) is 5.92 Å². The first kappa shape index (κ1) is 13.2. The van der Waals surface area contributed by atoms with Gasteiger partial charge in [0.15, 0.2) is 5.52 Å². The standard InChI is InChI=1S/C16H14FN3O2/c1-9-13-14(11-3-2-4-12(17)7-11)18-20(8-10-5-6-10)16(21)15(13)19-22-9/h2-4,7,10H,5-6,8H2,1H3. The van der Waals surface area contributed by atoms with Crippen LogP contribution < -0.4 is 5.56 Å². The van der Waals surface area contributed by atoms with Gasteiger partial charge in [-0.15, -0.1) is 0 Å². The van der Waals surface area contributed by atoms with Crippen molar-refractivity contribution < 1.29 is 8.91 Å². The highest BCUT2D eigenvalue weighted by atomic mass is 19.1. The highest BCUT2D eigenvalue weighted by molar-refractivity contribution is 5.92. The summed E-state index contributed by atoms with van der Waals surface area (Å²) in [5.74, 6) is 0.662. The molecular weight excluding hydrogens is 285 g/mol. The molecule has 0 aliphatic heterocycles. The van der Waals surface area contributed by atoms with Gasteiger partial charge in [0.2, 0.25) is 0 Å². The summed E-state index contributed by atoms with van der Waals surface area (Å²) in [5, 5.41) is 8.89. The average molecular weight is 299 g/mol. The molecule has 112 valence electrons. The summed E-state index contributed by atoms with van der Waals surface area (Å²) in [6, 6.07) is 6.17. The summed E-state index contributed by atoms with van der Waals surface area (Å²) in [6.07, 6.45) is 2.22. The molecule has 22 heavy (non-hydrogen) atoms. The van der Waals surface area contributed by atoms with Crippen LogP contribution in [0.2, 0.25) is 0 Å². The van der Waals surface area contributed by atoms with E-state index in [1.54, 1.807) is 19.1 Å². The Hall–Kier alpha value is -2.50. The third kappa shape index (κ3) is 2.11. The van der Waals surface area contributed by atoms with Gasteiger partial charge in [-0.05, 0) is 37.8 Å². The molecule has 0 unspecified atom stereocenters. The molecule has 0 spiro atoms. The van der Waals surface area contributed by atoms with Crippen molar-refractivity contribution in [3.8, 4) is 11.3 Å². The van der Waals surface area contributed by atoms with Crippen LogP contribution in [0, 0.1) is 18.7 Å². The van der Waals surface area contributed by atoms with E-state index < -0.39 is 0 Å². The first-order valence-electron chi connectivity index (χ1n) is 7.26. The molecule has 5 nitrogen and oxygen atoms in total. The normalized spacial score (nSPS) is 14.6. The molecule has 1 aliphatic carbocycles. The van der Waals surface area contributed by atoms with E-state index in [-0.39, 0.29) is 16.9 Å². The van der Waals surface area contributed by atoms with Gasteiger partial charge in [0.1, 0.15) is 17.3 Å². The Kier molecular flexibility index (Phi) is 2.85. The predicted octanol–water partition coefficient (Wildman–Crippen LogP) is 2.91. The van der Waals surface area contributed by atoms with Crippen molar-refractivity contribution in [3.63, 3.8) is 0 Å². The molecule has 1 aliphatic rings. The van der Waals surface area contributed by atoms with E-state index in [0.717, 1.165) is 12.8 Å². The van der Waals surface area contributed by atoms with Crippen LogP contribution in [0.1, 0.15) is 18.6 Å². The van der Waals surface area contributed by atoms with Crippen molar-refractivity contribution in [2.45, 2.75) is 26.3 Å². The maximum absolute atomic E-state index is 13.5. The lowest BCUT2D eigenvalue weighted by Gasteiger charge is -2.08. The molecule has 0 atom stereocenters. The zero-order valence-electron chi connectivity index (χ0n) is 12.0. The highest BCUT2D eigenvalue weighted by Gasteiger charge is 2.25. The van der Waals surface area contributed by atoms with Crippen LogP contribution in [0.25, 0.3) is 22.2 Å². The summed E-state index contributed by atoms with van der Waals surface area (Å²) < 4.78 is 20.1. The van der Waals surface area contributed by atoms with E-state index in [2.05, 4.69) is 10.3 Å². The number of rotatable bonds is 3. The first-order valence-corrected chi connectivity index (χ1v) is 7.26. The van der Waals surface area contributed by atoms with Crippen molar-refractivity contribution in [1.82, 2.24) is 14.9 Å². The van der Waals surface area contributed by atoms with Crippen LogP contribution in [0.4, 0.5) is 4.39 Å². The second-order valence-electron chi connectivity index (χ2n) is 5.75. The minimum absolute atomic E-state index is 0.251. The van der Waals surface area contributed by atoms with Crippen LogP contribution in [-0.2, 0) is 6.54 Å². The van der Waals surface area contributed by atoms with Gasteiger partial charge in [-0.1, -0.05) is 17.3 Å². The first-order chi connectivity index (χ1) is 10.6. The Balaban J connectivity index is 2.00. The van der Waals surface area contributed by atoms with E-state index in [1.807, 2.05) is 0 Å². The molecule has 0 N–H and O–H groups in total. The number of aromatic nitrogens is 3. The van der Waals surface area contributed by atoms with Gasteiger partial charge in [0, 0.05) is 12.1 Å². The molecule has 2 aromatic heterocycles. The fourth-order valence-corrected chi connectivity index (χ4v) is 2.64. The zero-order chi connectivity index (χ0) is 15.3. The second-order valence-corrected chi connectivity index (χ2v) is 5.75. The van der Waals surface area contributed by atoms with E-state index in [0.29, 0.717) is 34.9 Å². The molecule has 6 heteroatoms. The quantitative estimate of drug-likeness (QED) is 0.746. The van der Waals surface area contributed by atoms with Crippen molar-refractivity contribution >= 4 is 10.9 Å². The molecule has 0 amide bonds. The third-order valence-corrected chi connectivity index (χ3v) is 3.98. The molecule has 4 rings (SSSR count). The highest BCUT2D eigenvalue weighted by Crippen LogP contribution is 2.31. The summed E-state index contributed by atoms with van der Waals surface area (Å²) >= 11 is 0. The van der Waals surface area contributed by atoms with E-state index in [4.69, 9.17) is 4.52 Å². The Labute approximate surface area is 125 Å². The van der Waals surface area contributed by atoms with Gasteiger partial charge in [0.05, 0.1) is 5.39 Å². The summed E-state index contributed by atoms with van der Waals surface area (Å²) in [4.78, 5) is 12.5. The third-order valence-electron chi connectivity index (χ3n) is 3.98. The number of halogens is 1. The Morgan fingerprint density at radius 2 is 2.23 bits per heavy atom. The van der Waals surface area contributed by atoms with Crippen LogP contribution in [-0.4, -0.2) is 14.9 Å². The number of aryl methyl sites for hydroxylation is 1. The predicted molar refractivity (Wildman–Crippen MR) is 78.9 cm³/mol. The van der Waals surface area contributed by atoms with Gasteiger partial charge in [-0.25, -0.2) is 9.07 Å². The molecule has 0 saturated heterocycles. The average Bonchev–Trinajstić information content (AvgIpc) is 3.23. The van der Waals surface area contributed by atoms with E-state index >= 15 is 0 Å². The molecule has 0 bridgehead atoms. The lowest BCUT2D eigenvalue weighted by Crippen LogP contribution is -2.24. The van der Waals surface area contributed by atoms with Crippen LogP contribution >= 0.6 is 0 Å². The molecule has 3 aromatic rings. The molecule has 1 saturated carbocycles. The second kappa shape index (κ2) is 4.76. The molecule has 1 aromatic carbocycles. The minimum Gasteiger partial charge on any atom is -0.360 e. The van der Waals surface area contributed by atoms with Crippen molar-refractivity contribution in [2.75, 3.05) is 0 Å². The number of hydrogen-bond acceptors (Lipinski definition) is 4. The SMILES string of the molecule is Cc1onc2c(=O)n(CC3CC3)nc(-c3cccc(F)c3)c12. The summed E-state index contributed by atoms with van der Waals surface area (Å²) in [6.45, 7) is 2.30. The smallest absolute Gasteiger partial charge is 0.296 e. The van der Waals surface area contributed by atoms with Crippen molar-refractivity contribution in [1.29, 1.82) is 0 Å². The summed E-state index contributed by atoms with van der Waals surface area (Å²) in [7, 11) is 0. The number of fused-ring (bicyclic) bond motifs is 1. The largest absolute Gasteiger partial charge is 0.360 e. The van der Waals surface area contributed by atoms with Crippen LogP contribution in [0.15, 0.2) is 33.6 Å².